The molecule has 0 unspecified atom stereocenters. The summed E-state index contributed by atoms with van der Waals surface area (Å²) in [4.78, 5) is 8.19. The summed E-state index contributed by atoms with van der Waals surface area (Å²) in [7, 11) is -0.539. The normalized spacial score (nSPS) is 18.9. The van der Waals surface area contributed by atoms with Crippen LogP contribution in [0.3, 0.4) is 0 Å². The maximum Gasteiger partial charge on any atom is 0.498 e. The van der Waals surface area contributed by atoms with Crippen LogP contribution >= 0.6 is 0 Å². The highest BCUT2D eigenvalue weighted by atomic mass is 19.1. The van der Waals surface area contributed by atoms with Gasteiger partial charge in [0.2, 0.25) is 0 Å². The Hall–Kier alpha value is -1.99. The van der Waals surface area contributed by atoms with Crippen LogP contribution in [0.5, 0.6) is 11.8 Å². The highest BCUT2D eigenvalue weighted by Gasteiger charge is 2.51. The smallest absolute Gasteiger partial charge is 0.421 e. The summed E-state index contributed by atoms with van der Waals surface area (Å²) in [5, 5.41) is 0. The SMILES string of the molecule is CC1(C)OB(c2cnc(Oc3ccccc3F)nc2)OC1(C)C. The van der Waals surface area contributed by atoms with Gasteiger partial charge in [-0.25, -0.2) is 14.4 Å². The lowest BCUT2D eigenvalue weighted by molar-refractivity contribution is 0.00578. The zero-order valence-electron chi connectivity index (χ0n) is 13.5. The number of benzene rings is 1. The van der Waals surface area contributed by atoms with Crippen LogP contribution in [0.25, 0.3) is 0 Å². The van der Waals surface area contributed by atoms with Gasteiger partial charge in [0, 0.05) is 17.9 Å². The maximum absolute atomic E-state index is 13.6. The topological polar surface area (TPSA) is 53.5 Å². The molecule has 0 amide bonds. The Morgan fingerprint density at radius 1 is 1.00 bits per heavy atom. The first-order valence-corrected chi connectivity index (χ1v) is 7.38. The summed E-state index contributed by atoms with van der Waals surface area (Å²) in [6.45, 7) is 7.90. The quantitative estimate of drug-likeness (QED) is 0.815. The van der Waals surface area contributed by atoms with E-state index in [0.717, 1.165) is 0 Å². The molecule has 0 radical (unpaired) electrons. The highest BCUT2D eigenvalue weighted by molar-refractivity contribution is 6.61. The molecule has 1 aliphatic heterocycles. The predicted octanol–water partition coefficient (Wildman–Crippen LogP) is 2.71. The van der Waals surface area contributed by atoms with E-state index in [0.29, 0.717) is 5.46 Å². The molecular formula is C16H18BFN2O3. The van der Waals surface area contributed by atoms with Gasteiger partial charge >= 0.3 is 13.1 Å². The standard InChI is InChI=1S/C16H18BFN2O3/c1-15(2)16(3,4)23-17(22-15)11-9-19-14(20-10-11)21-13-8-6-5-7-12(13)18/h5-10H,1-4H3. The van der Waals surface area contributed by atoms with Crippen molar-refractivity contribution >= 4 is 12.6 Å². The fraction of sp³-hybridized carbons (Fsp3) is 0.375. The number of hydrogen-bond donors (Lipinski definition) is 0. The molecule has 0 aliphatic carbocycles. The second-order valence-corrected chi connectivity index (χ2v) is 6.42. The number of rotatable bonds is 3. The van der Waals surface area contributed by atoms with Gasteiger partial charge in [-0.15, -0.1) is 0 Å². The molecule has 0 bridgehead atoms. The van der Waals surface area contributed by atoms with Crippen molar-refractivity contribution in [2.75, 3.05) is 0 Å². The van der Waals surface area contributed by atoms with Crippen molar-refractivity contribution in [1.29, 1.82) is 0 Å². The summed E-state index contributed by atoms with van der Waals surface area (Å²) < 4.78 is 30.7. The molecule has 1 saturated heterocycles. The molecule has 3 rings (SSSR count). The van der Waals surface area contributed by atoms with Gasteiger partial charge in [0.25, 0.3) is 0 Å². The first-order chi connectivity index (χ1) is 10.8. The van der Waals surface area contributed by atoms with Crippen LogP contribution < -0.4 is 10.2 Å². The second-order valence-electron chi connectivity index (χ2n) is 6.42. The van der Waals surface area contributed by atoms with Crippen molar-refractivity contribution in [1.82, 2.24) is 9.97 Å². The lowest BCUT2D eigenvalue weighted by Gasteiger charge is -2.32. The lowest BCUT2D eigenvalue weighted by Crippen LogP contribution is -2.41. The molecule has 7 heteroatoms. The zero-order valence-corrected chi connectivity index (χ0v) is 13.5. The first kappa shape index (κ1) is 15.9. The largest absolute Gasteiger partial charge is 0.498 e. The third-order valence-corrected chi connectivity index (χ3v) is 4.21. The van der Waals surface area contributed by atoms with E-state index in [4.69, 9.17) is 14.0 Å². The molecule has 23 heavy (non-hydrogen) atoms. The summed E-state index contributed by atoms with van der Waals surface area (Å²) in [5.74, 6) is -0.387. The molecule has 2 aromatic rings. The van der Waals surface area contributed by atoms with E-state index in [1.807, 2.05) is 27.7 Å². The summed E-state index contributed by atoms with van der Waals surface area (Å²) in [6, 6.07) is 6.16. The van der Waals surface area contributed by atoms with Crippen LogP contribution in [-0.4, -0.2) is 28.3 Å². The first-order valence-electron chi connectivity index (χ1n) is 7.38. The molecule has 120 valence electrons. The Balaban J connectivity index is 1.75. The monoisotopic (exact) mass is 316 g/mol. The van der Waals surface area contributed by atoms with Gasteiger partial charge < -0.3 is 14.0 Å². The van der Waals surface area contributed by atoms with E-state index < -0.39 is 24.1 Å². The van der Waals surface area contributed by atoms with Gasteiger partial charge in [-0.2, -0.15) is 0 Å². The highest BCUT2D eigenvalue weighted by Crippen LogP contribution is 2.36. The average Bonchev–Trinajstić information content (AvgIpc) is 2.71. The molecule has 0 atom stereocenters. The molecule has 1 fully saturated rings. The van der Waals surface area contributed by atoms with Crippen LogP contribution in [-0.2, 0) is 9.31 Å². The number of halogens is 1. The van der Waals surface area contributed by atoms with Crippen molar-refractivity contribution in [2.45, 2.75) is 38.9 Å². The molecule has 0 saturated carbocycles. The number of hydrogen-bond acceptors (Lipinski definition) is 5. The Kier molecular flexibility index (Phi) is 3.86. The van der Waals surface area contributed by atoms with Gasteiger partial charge in [0.15, 0.2) is 11.6 Å². The van der Waals surface area contributed by atoms with Crippen molar-refractivity contribution in [3.63, 3.8) is 0 Å². The van der Waals surface area contributed by atoms with E-state index in [1.54, 1.807) is 24.5 Å². The van der Waals surface area contributed by atoms with E-state index in [-0.39, 0.29) is 11.8 Å². The summed E-state index contributed by atoms with van der Waals surface area (Å²) in [5.41, 5.74) is -0.176. The number of aromatic nitrogens is 2. The minimum absolute atomic E-state index is 0.0652. The third-order valence-electron chi connectivity index (χ3n) is 4.21. The van der Waals surface area contributed by atoms with Crippen molar-refractivity contribution in [3.05, 3.63) is 42.5 Å². The second kappa shape index (κ2) is 5.58. The van der Waals surface area contributed by atoms with Crippen LogP contribution in [0.15, 0.2) is 36.7 Å². The minimum Gasteiger partial charge on any atom is -0.421 e. The number of ether oxygens (including phenoxy) is 1. The van der Waals surface area contributed by atoms with Crippen molar-refractivity contribution in [3.8, 4) is 11.8 Å². The number of para-hydroxylation sites is 1. The van der Waals surface area contributed by atoms with Gasteiger partial charge in [0.05, 0.1) is 11.2 Å². The summed E-state index contributed by atoms with van der Waals surface area (Å²) in [6.07, 6.45) is 3.12. The molecule has 1 aliphatic rings. The van der Waals surface area contributed by atoms with Gasteiger partial charge in [-0.1, -0.05) is 12.1 Å². The number of nitrogens with zero attached hydrogens (tertiary/aromatic N) is 2. The molecule has 0 N–H and O–H groups in total. The molecule has 5 nitrogen and oxygen atoms in total. The molecule has 1 aromatic carbocycles. The molecular weight excluding hydrogens is 298 g/mol. The average molecular weight is 316 g/mol. The van der Waals surface area contributed by atoms with Crippen LogP contribution in [0.2, 0.25) is 0 Å². The third kappa shape index (κ3) is 3.07. The molecule has 1 aromatic heterocycles. The van der Waals surface area contributed by atoms with Crippen molar-refractivity contribution in [2.24, 2.45) is 0 Å². The lowest BCUT2D eigenvalue weighted by atomic mass is 9.81. The minimum atomic E-state index is -0.539. The van der Waals surface area contributed by atoms with Gasteiger partial charge in [0.1, 0.15) is 0 Å². The Morgan fingerprint density at radius 3 is 2.13 bits per heavy atom. The van der Waals surface area contributed by atoms with Crippen LogP contribution in [0.1, 0.15) is 27.7 Å². The van der Waals surface area contributed by atoms with Crippen LogP contribution in [0, 0.1) is 5.82 Å². The Morgan fingerprint density at radius 2 is 1.57 bits per heavy atom. The van der Waals surface area contributed by atoms with Gasteiger partial charge in [-0.05, 0) is 39.8 Å². The fourth-order valence-electron chi connectivity index (χ4n) is 2.11. The molecule has 2 heterocycles. The van der Waals surface area contributed by atoms with E-state index in [1.165, 1.54) is 12.1 Å². The van der Waals surface area contributed by atoms with E-state index in [2.05, 4.69) is 9.97 Å². The Bertz CT molecular complexity index is 691. The van der Waals surface area contributed by atoms with Crippen LogP contribution in [0.4, 0.5) is 4.39 Å². The Labute approximate surface area is 135 Å². The fourth-order valence-corrected chi connectivity index (χ4v) is 2.11. The van der Waals surface area contributed by atoms with E-state index in [9.17, 15) is 4.39 Å². The zero-order chi connectivity index (χ0) is 16.7. The maximum atomic E-state index is 13.6. The predicted molar refractivity (Wildman–Crippen MR) is 84.2 cm³/mol. The van der Waals surface area contributed by atoms with E-state index >= 15 is 0 Å². The summed E-state index contributed by atoms with van der Waals surface area (Å²) >= 11 is 0. The van der Waals surface area contributed by atoms with Gasteiger partial charge in [-0.3, -0.25) is 0 Å². The molecule has 0 spiro atoms. The van der Waals surface area contributed by atoms with Crippen molar-refractivity contribution < 1.29 is 18.4 Å².